The van der Waals surface area contributed by atoms with Crippen molar-refractivity contribution in [1.82, 2.24) is 5.32 Å². The number of thioether (sulfide) groups is 1. The highest BCUT2D eigenvalue weighted by Gasteiger charge is 2.30. The molecule has 0 saturated carbocycles. The second kappa shape index (κ2) is 10.9. The van der Waals surface area contributed by atoms with E-state index in [1.54, 1.807) is 42.5 Å². The molecule has 0 unspecified atom stereocenters. The minimum absolute atomic E-state index is 0.0318. The number of halogens is 1. The molecule has 2 N–H and O–H groups in total. The quantitative estimate of drug-likeness (QED) is 0.589. The van der Waals surface area contributed by atoms with Crippen molar-refractivity contribution in [3.8, 4) is 17.6 Å². The summed E-state index contributed by atoms with van der Waals surface area (Å²) >= 11 is 7.34. The van der Waals surface area contributed by atoms with Crippen LogP contribution in [0.4, 0.5) is 5.69 Å². The van der Waals surface area contributed by atoms with Gasteiger partial charge in [0.1, 0.15) is 11.5 Å². The van der Waals surface area contributed by atoms with Gasteiger partial charge in [-0.15, -0.1) is 0 Å². The van der Waals surface area contributed by atoms with E-state index in [0.29, 0.717) is 33.7 Å². The van der Waals surface area contributed by atoms with Crippen LogP contribution in [0.1, 0.15) is 24.8 Å². The summed E-state index contributed by atoms with van der Waals surface area (Å²) in [5.74, 6) is 0.332. The lowest BCUT2D eigenvalue weighted by Crippen LogP contribution is -2.31. The number of carbonyl (C=O) groups excluding carboxylic acids is 2. The molecule has 32 heavy (non-hydrogen) atoms. The van der Waals surface area contributed by atoms with E-state index in [2.05, 4.69) is 16.7 Å². The fourth-order valence-corrected chi connectivity index (χ4v) is 4.40. The zero-order chi connectivity index (χ0) is 23.1. The molecule has 1 heterocycles. The maximum atomic E-state index is 12.4. The Labute approximate surface area is 195 Å². The first-order valence-electron chi connectivity index (χ1n) is 9.88. The Bertz CT molecular complexity index is 1080. The molecule has 2 aromatic carbocycles. The van der Waals surface area contributed by atoms with Crippen molar-refractivity contribution in [3.05, 3.63) is 63.7 Å². The fraction of sp³-hybridized carbons (Fsp3) is 0.261. The number of nitriles is 1. The molecule has 0 aromatic heterocycles. The van der Waals surface area contributed by atoms with Crippen LogP contribution >= 0.6 is 23.4 Å². The number of nitrogens with zero attached hydrogens (tertiary/aromatic N) is 1. The molecule has 1 aliphatic rings. The van der Waals surface area contributed by atoms with E-state index < -0.39 is 5.92 Å². The normalized spacial score (nSPS) is 15.6. The molecule has 0 radical (unpaired) electrons. The summed E-state index contributed by atoms with van der Waals surface area (Å²) in [4.78, 5) is 24.7. The summed E-state index contributed by atoms with van der Waals surface area (Å²) in [5.41, 5.74) is 1.76. The van der Waals surface area contributed by atoms with Gasteiger partial charge in [0, 0.05) is 18.0 Å². The van der Waals surface area contributed by atoms with E-state index in [9.17, 15) is 14.9 Å². The topological polar surface area (TPSA) is 100 Å². The predicted molar refractivity (Wildman–Crippen MR) is 125 cm³/mol. The van der Waals surface area contributed by atoms with Crippen molar-refractivity contribution in [2.45, 2.75) is 19.3 Å². The van der Waals surface area contributed by atoms with Gasteiger partial charge < -0.3 is 20.1 Å². The Kier molecular flexibility index (Phi) is 8.03. The lowest BCUT2D eigenvalue weighted by Gasteiger charge is -2.25. The van der Waals surface area contributed by atoms with Gasteiger partial charge in [-0.3, -0.25) is 9.59 Å². The van der Waals surface area contributed by atoms with Crippen LogP contribution in [-0.4, -0.2) is 31.3 Å². The largest absolute Gasteiger partial charge is 0.495 e. The number of benzene rings is 2. The minimum atomic E-state index is -0.450. The average Bonchev–Trinajstić information content (AvgIpc) is 2.78. The summed E-state index contributed by atoms with van der Waals surface area (Å²) in [7, 11) is 1.52. The highest BCUT2D eigenvalue weighted by Crippen LogP contribution is 2.38. The van der Waals surface area contributed by atoms with E-state index in [1.807, 2.05) is 6.92 Å². The average molecular weight is 472 g/mol. The highest BCUT2D eigenvalue weighted by atomic mass is 35.5. The van der Waals surface area contributed by atoms with Gasteiger partial charge in [0.2, 0.25) is 11.8 Å². The molecule has 1 atom stereocenters. The van der Waals surface area contributed by atoms with Crippen LogP contribution in [0.15, 0.2) is 53.1 Å². The maximum absolute atomic E-state index is 12.4. The number of nitrogens with one attached hydrogen (secondary N) is 2. The second-order valence-corrected chi connectivity index (χ2v) is 8.24. The number of ether oxygens (including phenoxy) is 2. The fourth-order valence-electron chi connectivity index (χ4n) is 3.25. The molecule has 0 spiro atoms. The predicted octanol–water partition coefficient (Wildman–Crippen LogP) is 4.46. The first-order chi connectivity index (χ1) is 15.4. The van der Waals surface area contributed by atoms with E-state index in [1.165, 1.54) is 7.11 Å². The summed E-state index contributed by atoms with van der Waals surface area (Å²) in [5, 5.41) is 16.1. The van der Waals surface area contributed by atoms with Crippen LogP contribution in [0.3, 0.4) is 0 Å². The zero-order valence-electron chi connectivity index (χ0n) is 17.6. The molecule has 2 aromatic rings. The van der Waals surface area contributed by atoms with Gasteiger partial charge in [-0.1, -0.05) is 29.4 Å². The Hall–Kier alpha value is -3.15. The van der Waals surface area contributed by atoms with Gasteiger partial charge >= 0.3 is 0 Å². The first kappa shape index (κ1) is 23.5. The minimum Gasteiger partial charge on any atom is -0.495 e. The molecular weight excluding hydrogens is 450 g/mol. The van der Waals surface area contributed by atoms with Crippen LogP contribution in [0.2, 0.25) is 5.02 Å². The molecule has 9 heteroatoms. The Morgan fingerprint density at radius 3 is 2.69 bits per heavy atom. The summed E-state index contributed by atoms with van der Waals surface area (Å²) in [6.07, 6.45) is 0.119. The van der Waals surface area contributed by atoms with E-state index in [-0.39, 0.29) is 24.0 Å². The summed E-state index contributed by atoms with van der Waals surface area (Å²) < 4.78 is 10.6. The van der Waals surface area contributed by atoms with Crippen molar-refractivity contribution in [3.63, 3.8) is 0 Å². The van der Waals surface area contributed by atoms with Crippen molar-refractivity contribution in [2.75, 3.05) is 24.8 Å². The van der Waals surface area contributed by atoms with Crippen LogP contribution in [-0.2, 0) is 9.59 Å². The molecule has 0 aliphatic carbocycles. The van der Waals surface area contributed by atoms with Crippen molar-refractivity contribution < 1.29 is 19.1 Å². The molecule has 1 aliphatic heterocycles. The van der Waals surface area contributed by atoms with Crippen LogP contribution in [0.25, 0.3) is 0 Å². The van der Waals surface area contributed by atoms with Gasteiger partial charge in [0.15, 0.2) is 0 Å². The third-order valence-electron chi connectivity index (χ3n) is 4.73. The van der Waals surface area contributed by atoms with Gasteiger partial charge in [-0.2, -0.15) is 5.26 Å². The molecular formula is C23H22ClN3O4S. The lowest BCUT2D eigenvalue weighted by atomic mass is 9.87. The monoisotopic (exact) mass is 471 g/mol. The first-order valence-corrected chi connectivity index (χ1v) is 11.2. The Morgan fingerprint density at radius 2 is 2.06 bits per heavy atom. The SMILES string of the molecule is CCOc1ccc(NC(=O)CSC2=C(C#N)[C@@H](c3ccc(OC)c(Cl)c3)CC(=O)N2)cc1. The van der Waals surface area contributed by atoms with Gasteiger partial charge in [0.25, 0.3) is 0 Å². The highest BCUT2D eigenvalue weighted by molar-refractivity contribution is 8.03. The van der Waals surface area contributed by atoms with E-state index in [0.717, 1.165) is 23.1 Å². The molecule has 2 amide bonds. The zero-order valence-corrected chi connectivity index (χ0v) is 19.2. The Balaban J connectivity index is 1.72. The number of allylic oxidation sites excluding steroid dienone is 1. The summed E-state index contributed by atoms with van der Waals surface area (Å²) in [6.45, 7) is 2.46. The standard InChI is InChI=1S/C23H22ClN3O4S/c1-3-31-16-7-5-15(6-8-16)26-22(29)13-32-23-18(12-25)17(11-21(28)27-23)14-4-9-20(30-2)19(24)10-14/h4-10,17H,3,11,13H2,1-2H3,(H,26,29)(H,27,28)/t17-/m1/s1. The second-order valence-electron chi connectivity index (χ2n) is 6.85. The number of methoxy groups -OCH3 is 1. The van der Waals surface area contributed by atoms with E-state index in [4.69, 9.17) is 21.1 Å². The number of rotatable bonds is 8. The number of amides is 2. The van der Waals surface area contributed by atoms with Crippen LogP contribution in [0, 0.1) is 11.3 Å². The van der Waals surface area contributed by atoms with Gasteiger partial charge in [0.05, 0.1) is 41.2 Å². The van der Waals surface area contributed by atoms with Gasteiger partial charge in [-0.25, -0.2) is 0 Å². The maximum Gasteiger partial charge on any atom is 0.234 e. The number of anilines is 1. The van der Waals surface area contributed by atoms with Crippen molar-refractivity contribution in [1.29, 1.82) is 5.26 Å². The molecule has 166 valence electrons. The third-order valence-corrected chi connectivity index (χ3v) is 6.04. The Morgan fingerprint density at radius 1 is 1.31 bits per heavy atom. The van der Waals surface area contributed by atoms with Crippen molar-refractivity contribution >= 4 is 40.9 Å². The van der Waals surface area contributed by atoms with Gasteiger partial charge in [-0.05, 0) is 48.9 Å². The van der Waals surface area contributed by atoms with Crippen LogP contribution < -0.4 is 20.1 Å². The number of hydrogen-bond donors (Lipinski definition) is 2. The molecule has 0 fully saturated rings. The smallest absolute Gasteiger partial charge is 0.234 e. The third kappa shape index (κ3) is 5.75. The number of carbonyl (C=O) groups is 2. The van der Waals surface area contributed by atoms with E-state index >= 15 is 0 Å². The molecule has 7 nitrogen and oxygen atoms in total. The molecule has 3 rings (SSSR count). The molecule has 0 bridgehead atoms. The lowest BCUT2D eigenvalue weighted by molar-refractivity contribution is -0.121. The summed E-state index contributed by atoms with van der Waals surface area (Å²) in [6, 6.07) is 14.4. The van der Waals surface area contributed by atoms with Crippen LogP contribution in [0.5, 0.6) is 11.5 Å². The number of hydrogen-bond acceptors (Lipinski definition) is 6. The molecule has 0 saturated heterocycles. The van der Waals surface area contributed by atoms with Crippen molar-refractivity contribution in [2.24, 2.45) is 0 Å².